The standard InChI is InChI=1S/C10H15NO/c1-2-8-12-9-11-10-6-4-3-5-7-10/h3-7,11H,2,8-9H2,1H3. The summed E-state index contributed by atoms with van der Waals surface area (Å²) in [5.74, 6) is 0. The van der Waals surface area contributed by atoms with Gasteiger partial charge in [-0.3, -0.25) is 0 Å². The van der Waals surface area contributed by atoms with E-state index in [-0.39, 0.29) is 0 Å². The Bertz CT molecular complexity index is 198. The van der Waals surface area contributed by atoms with E-state index in [0.29, 0.717) is 6.73 Å². The van der Waals surface area contributed by atoms with Gasteiger partial charge >= 0.3 is 0 Å². The maximum atomic E-state index is 5.28. The van der Waals surface area contributed by atoms with Crippen LogP contribution in [-0.4, -0.2) is 13.3 Å². The van der Waals surface area contributed by atoms with E-state index in [0.717, 1.165) is 18.7 Å². The SMILES string of the molecule is CCCOCNc1ccccc1. The van der Waals surface area contributed by atoms with Crippen molar-refractivity contribution in [1.82, 2.24) is 0 Å². The number of hydrogen-bond donors (Lipinski definition) is 1. The number of hydrogen-bond acceptors (Lipinski definition) is 2. The van der Waals surface area contributed by atoms with Crippen LogP contribution < -0.4 is 5.32 Å². The molecule has 0 radical (unpaired) electrons. The molecule has 0 heterocycles. The Morgan fingerprint density at radius 1 is 1.25 bits per heavy atom. The zero-order valence-corrected chi connectivity index (χ0v) is 7.42. The molecule has 0 aliphatic carbocycles. The maximum absolute atomic E-state index is 5.28. The second-order valence-electron chi connectivity index (χ2n) is 2.60. The molecule has 0 spiro atoms. The van der Waals surface area contributed by atoms with E-state index in [1.165, 1.54) is 0 Å². The smallest absolute Gasteiger partial charge is 0.116 e. The van der Waals surface area contributed by atoms with Crippen molar-refractivity contribution in [3.8, 4) is 0 Å². The van der Waals surface area contributed by atoms with Crippen LogP contribution in [0.1, 0.15) is 13.3 Å². The second-order valence-corrected chi connectivity index (χ2v) is 2.60. The van der Waals surface area contributed by atoms with Gasteiger partial charge in [-0.2, -0.15) is 0 Å². The van der Waals surface area contributed by atoms with E-state index in [4.69, 9.17) is 4.74 Å². The number of rotatable bonds is 5. The maximum Gasteiger partial charge on any atom is 0.116 e. The van der Waals surface area contributed by atoms with Gasteiger partial charge in [0.15, 0.2) is 0 Å². The molecule has 2 heteroatoms. The van der Waals surface area contributed by atoms with Crippen LogP contribution in [0.4, 0.5) is 5.69 Å². The summed E-state index contributed by atoms with van der Waals surface area (Å²) >= 11 is 0. The minimum Gasteiger partial charge on any atom is -0.363 e. The Morgan fingerprint density at radius 2 is 2.00 bits per heavy atom. The lowest BCUT2D eigenvalue weighted by molar-refractivity contribution is 0.153. The fraction of sp³-hybridized carbons (Fsp3) is 0.400. The molecule has 1 rings (SSSR count). The molecule has 1 N–H and O–H groups in total. The lowest BCUT2D eigenvalue weighted by Crippen LogP contribution is -2.06. The van der Waals surface area contributed by atoms with Gasteiger partial charge in [0.05, 0.1) is 0 Å². The van der Waals surface area contributed by atoms with Crippen molar-refractivity contribution in [1.29, 1.82) is 0 Å². The monoisotopic (exact) mass is 165 g/mol. The Hall–Kier alpha value is -1.02. The van der Waals surface area contributed by atoms with Gasteiger partial charge in [0, 0.05) is 12.3 Å². The summed E-state index contributed by atoms with van der Waals surface area (Å²) in [6.45, 7) is 3.51. The largest absolute Gasteiger partial charge is 0.363 e. The van der Waals surface area contributed by atoms with E-state index in [1.54, 1.807) is 0 Å². The molecule has 0 fully saturated rings. The minimum atomic E-state index is 0.595. The number of nitrogens with one attached hydrogen (secondary N) is 1. The van der Waals surface area contributed by atoms with E-state index >= 15 is 0 Å². The van der Waals surface area contributed by atoms with E-state index in [9.17, 15) is 0 Å². The summed E-state index contributed by atoms with van der Waals surface area (Å²) < 4.78 is 5.28. The lowest BCUT2D eigenvalue weighted by atomic mass is 10.3. The zero-order chi connectivity index (χ0) is 8.65. The van der Waals surface area contributed by atoms with Crippen LogP contribution in [0, 0.1) is 0 Å². The Kier molecular flexibility index (Phi) is 4.24. The van der Waals surface area contributed by atoms with Crippen molar-refractivity contribution >= 4 is 5.69 Å². The molecule has 0 aromatic heterocycles. The fourth-order valence-corrected chi connectivity index (χ4v) is 0.907. The highest BCUT2D eigenvalue weighted by Crippen LogP contribution is 2.03. The summed E-state index contributed by atoms with van der Waals surface area (Å²) in [6, 6.07) is 10.0. The van der Waals surface area contributed by atoms with Crippen molar-refractivity contribution in [2.75, 3.05) is 18.7 Å². The third kappa shape index (κ3) is 3.39. The highest BCUT2D eigenvalue weighted by molar-refractivity contribution is 5.41. The fourth-order valence-electron chi connectivity index (χ4n) is 0.907. The molecule has 0 atom stereocenters. The first kappa shape index (κ1) is 9.07. The van der Waals surface area contributed by atoms with Gasteiger partial charge < -0.3 is 10.1 Å². The molecule has 2 nitrogen and oxygen atoms in total. The van der Waals surface area contributed by atoms with Crippen molar-refractivity contribution < 1.29 is 4.74 Å². The number of anilines is 1. The highest BCUT2D eigenvalue weighted by Gasteiger charge is 1.87. The number of para-hydroxylation sites is 1. The van der Waals surface area contributed by atoms with Crippen molar-refractivity contribution in [3.63, 3.8) is 0 Å². The van der Waals surface area contributed by atoms with E-state index in [2.05, 4.69) is 12.2 Å². The van der Waals surface area contributed by atoms with Crippen LogP contribution in [0.3, 0.4) is 0 Å². The van der Waals surface area contributed by atoms with Gasteiger partial charge in [0.1, 0.15) is 6.73 Å². The summed E-state index contributed by atoms with van der Waals surface area (Å²) in [7, 11) is 0. The van der Waals surface area contributed by atoms with Crippen molar-refractivity contribution in [2.24, 2.45) is 0 Å². The van der Waals surface area contributed by atoms with Crippen molar-refractivity contribution in [2.45, 2.75) is 13.3 Å². The van der Waals surface area contributed by atoms with E-state index in [1.807, 2.05) is 30.3 Å². The molecule has 0 bridgehead atoms. The molecular weight excluding hydrogens is 150 g/mol. The van der Waals surface area contributed by atoms with Crippen LogP contribution >= 0.6 is 0 Å². The Labute approximate surface area is 73.6 Å². The van der Waals surface area contributed by atoms with E-state index < -0.39 is 0 Å². The van der Waals surface area contributed by atoms with Gasteiger partial charge in [-0.15, -0.1) is 0 Å². The lowest BCUT2D eigenvalue weighted by Gasteiger charge is -2.05. The Morgan fingerprint density at radius 3 is 2.67 bits per heavy atom. The van der Waals surface area contributed by atoms with Gasteiger partial charge in [-0.05, 0) is 18.6 Å². The first-order chi connectivity index (χ1) is 5.93. The molecule has 0 unspecified atom stereocenters. The topological polar surface area (TPSA) is 21.3 Å². The van der Waals surface area contributed by atoms with Crippen LogP contribution in [0.2, 0.25) is 0 Å². The third-order valence-electron chi connectivity index (χ3n) is 1.50. The molecule has 0 aliphatic heterocycles. The van der Waals surface area contributed by atoms with Gasteiger partial charge in [0.25, 0.3) is 0 Å². The van der Waals surface area contributed by atoms with Crippen molar-refractivity contribution in [3.05, 3.63) is 30.3 Å². The molecule has 0 saturated heterocycles. The number of ether oxygens (including phenoxy) is 1. The van der Waals surface area contributed by atoms with Crippen LogP contribution in [0.5, 0.6) is 0 Å². The molecule has 1 aromatic carbocycles. The second kappa shape index (κ2) is 5.61. The van der Waals surface area contributed by atoms with Crippen LogP contribution in [0.15, 0.2) is 30.3 Å². The normalized spacial score (nSPS) is 9.75. The minimum absolute atomic E-state index is 0.595. The summed E-state index contributed by atoms with van der Waals surface area (Å²) in [6.07, 6.45) is 1.07. The quantitative estimate of drug-likeness (QED) is 0.534. The molecule has 0 saturated carbocycles. The molecule has 66 valence electrons. The molecular formula is C10H15NO. The average Bonchev–Trinajstić information content (AvgIpc) is 2.14. The third-order valence-corrected chi connectivity index (χ3v) is 1.50. The van der Waals surface area contributed by atoms with Gasteiger partial charge in [-0.25, -0.2) is 0 Å². The molecule has 0 amide bonds. The predicted molar refractivity (Wildman–Crippen MR) is 51.2 cm³/mol. The van der Waals surface area contributed by atoms with Gasteiger partial charge in [-0.1, -0.05) is 25.1 Å². The molecule has 1 aromatic rings. The molecule has 0 aliphatic rings. The average molecular weight is 165 g/mol. The van der Waals surface area contributed by atoms with Gasteiger partial charge in [0.2, 0.25) is 0 Å². The summed E-state index contributed by atoms with van der Waals surface area (Å²) in [4.78, 5) is 0. The molecule has 12 heavy (non-hydrogen) atoms. The summed E-state index contributed by atoms with van der Waals surface area (Å²) in [5.41, 5.74) is 1.11. The summed E-state index contributed by atoms with van der Waals surface area (Å²) in [5, 5.41) is 3.16. The first-order valence-electron chi connectivity index (χ1n) is 4.30. The Balaban J connectivity index is 2.16. The number of benzene rings is 1. The van der Waals surface area contributed by atoms with Crippen LogP contribution in [0.25, 0.3) is 0 Å². The van der Waals surface area contributed by atoms with Crippen LogP contribution in [-0.2, 0) is 4.74 Å². The zero-order valence-electron chi connectivity index (χ0n) is 7.42. The first-order valence-corrected chi connectivity index (χ1v) is 4.30. The predicted octanol–water partition coefficient (Wildman–Crippen LogP) is 2.48. The highest BCUT2D eigenvalue weighted by atomic mass is 16.5.